The molecule has 2 aromatic rings. The zero-order valence-corrected chi connectivity index (χ0v) is 13.1. The van der Waals surface area contributed by atoms with Crippen molar-refractivity contribution in [1.29, 1.82) is 0 Å². The van der Waals surface area contributed by atoms with E-state index in [0.717, 1.165) is 27.1 Å². The number of nitrogens with two attached hydrogens (primary N) is 1. The molecule has 2 N–H and O–H groups in total. The molecule has 0 saturated carbocycles. The summed E-state index contributed by atoms with van der Waals surface area (Å²) >= 11 is 9.64. The maximum absolute atomic E-state index is 6.15. The van der Waals surface area contributed by atoms with Gasteiger partial charge in [0.1, 0.15) is 18.1 Å². The van der Waals surface area contributed by atoms with Crippen molar-refractivity contribution in [3.05, 3.63) is 57.0 Å². The molecule has 6 heteroatoms. The van der Waals surface area contributed by atoms with Crippen molar-refractivity contribution in [3.8, 4) is 11.5 Å². The van der Waals surface area contributed by atoms with E-state index in [2.05, 4.69) is 20.9 Å². The lowest BCUT2D eigenvalue weighted by molar-refractivity contribution is 0.264. The van der Waals surface area contributed by atoms with Gasteiger partial charge < -0.3 is 15.2 Å². The van der Waals surface area contributed by atoms with Gasteiger partial charge in [0, 0.05) is 20.6 Å². The highest BCUT2D eigenvalue weighted by molar-refractivity contribution is 9.10. The number of aliphatic imine (C=N–C) groups is 1. The van der Waals surface area contributed by atoms with E-state index in [0.29, 0.717) is 11.6 Å². The van der Waals surface area contributed by atoms with Crippen molar-refractivity contribution in [3.63, 3.8) is 0 Å². The minimum atomic E-state index is -0.707. The van der Waals surface area contributed by atoms with E-state index in [-0.39, 0.29) is 6.02 Å². The third-order valence-corrected chi connectivity index (χ3v) is 4.45. The van der Waals surface area contributed by atoms with Crippen LogP contribution in [0.3, 0.4) is 0 Å². The number of halogens is 2. The molecule has 0 unspecified atom stereocenters. The summed E-state index contributed by atoms with van der Waals surface area (Å²) < 4.78 is 12.4. The van der Waals surface area contributed by atoms with Crippen LogP contribution in [0.4, 0.5) is 0 Å². The largest absolute Gasteiger partial charge is 0.462 e. The van der Waals surface area contributed by atoms with Gasteiger partial charge in [-0.05, 0) is 36.4 Å². The van der Waals surface area contributed by atoms with Crippen LogP contribution in [-0.2, 0) is 10.3 Å². The molecular formula is C15H10BrClN2O2. The van der Waals surface area contributed by atoms with Crippen molar-refractivity contribution < 1.29 is 9.47 Å². The van der Waals surface area contributed by atoms with Crippen LogP contribution in [0, 0.1) is 0 Å². The summed E-state index contributed by atoms with van der Waals surface area (Å²) in [6.45, 7) is 0.332. The van der Waals surface area contributed by atoms with Crippen molar-refractivity contribution in [2.75, 3.05) is 6.61 Å². The quantitative estimate of drug-likeness (QED) is 0.772. The molecular weight excluding hydrogens is 356 g/mol. The first kappa shape index (κ1) is 13.0. The van der Waals surface area contributed by atoms with Crippen molar-refractivity contribution >= 4 is 33.6 Å². The Kier molecular flexibility index (Phi) is 2.71. The number of amidine groups is 1. The Morgan fingerprint density at radius 3 is 2.57 bits per heavy atom. The van der Waals surface area contributed by atoms with Crippen molar-refractivity contribution in [2.24, 2.45) is 10.7 Å². The molecule has 0 fully saturated rings. The van der Waals surface area contributed by atoms with Gasteiger partial charge in [0.2, 0.25) is 0 Å². The number of ether oxygens (including phenoxy) is 2. The summed E-state index contributed by atoms with van der Waals surface area (Å²) in [5, 5.41) is 0.621. The number of rotatable bonds is 0. The summed E-state index contributed by atoms with van der Waals surface area (Å²) in [7, 11) is 0. The summed E-state index contributed by atoms with van der Waals surface area (Å²) in [4.78, 5) is 4.56. The molecule has 0 aliphatic carbocycles. The zero-order valence-electron chi connectivity index (χ0n) is 10.8. The SMILES string of the molecule is NC1=N[C@]2(CO1)c1cc(Cl)ccc1Oc1ccc(Br)cc12. The fourth-order valence-electron chi connectivity index (χ4n) is 2.80. The van der Waals surface area contributed by atoms with Gasteiger partial charge in [-0.15, -0.1) is 0 Å². The molecule has 4 rings (SSSR count). The van der Waals surface area contributed by atoms with Gasteiger partial charge in [-0.2, -0.15) is 0 Å². The van der Waals surface area contributed by atoms with Gasteiger partial charge in [0.25, 0.3) is 6.02 Å². The molecule has 1 atom stereocenters. The van der Waals surface area contributed by atoms with Crippen LogP contribution >= 0.6 is 27.5 Å². The van der Waals surface area contributed by atoms with E-state index >= 15 is 0 Å². The lowest BCUT2D eigenvalue weighted by Gasteiger charge is -2.33. The smallest absolute Gasteiger partial charge is 0.283 e. The third kappa shape index (κ3) is 1.84. The van der Waals surface area contributed by atoms with E-state index in [9.17, 15) is 0 Å². The summed E-state index contributed by atoms with van der Waals surface area (Å²) in [6.07, 6.45) is 0. The number of nitrogens with zero attached hydrogens (tertiary/aromatic N) is 1. The summed E-state index contributed by atoms with van der Waals surface area (Å²) in [5.41, 5.74) is 6.84. The Labute approximate surface area is 134 Å². The van der Waals surface area contributed by atoms with Crippen LogP contribution < -0.4 is 10.5 Å². The molecule has 2 aliphatic rings. The normalized spacial score (nSPS) is 22.1. The van der Waals surface area contributed by atoms with E-state index in [1.807, 2.05) is 30.3 Å². The Morgan fingerprint density at radius 1 is 1.14 bits per heavy atom. The van der Waals surface area contributed by atoms with Crippen LogP contribution in [0.25, 0.3) is 0 Å². The van der Waals surface area contributed by atoms with Crippen LogP contribution in [-0.4, -0.2) is 12.6 Å². The molecule has 0 saturated heterocycles. The molecule has 4 nitrogen and oxygen atoms in total. The van der Waals surface area contributed by atoms with E-state index in [1.165, 1.54) is 0 Å². The first-order valence-electron chi connectivity index (χ1n) is 6.34. The van der Waals surface area contributed by atoms with Crippen LogP contribution in [0.2, 0.25) is 5.02 Å². The maximum Gasteiger partial charge on any atom is 0.283 e. The van der Waals surface area contributed by atoms with Gasteiger partial charge in [-0.1, -0.05) is 27.5 Å². The molecule has 21 heavy (non-hydrogen) atoms. The average molecular weight is 366 g/mol. The lowest BCUT2D eigenvalue weighted by Crippen LogP contribution is -2.31. The topological polar surface area (TPSA) is 56.8 Å². The number of hydrogen-bond acceptors (Lipinski definition) is 4. The number of benzene rings is 2. The van der Waals surface area contributed by atoms with Gasteiger partial charge in [0.05, 0.1) is 0 Å². The van der Waals surface area contributed by atoms with Gasteiger partial charge in [0.15, 0.2) is 5.54 Å². The molecule has 1 spiro atoms. The standard InChI is InChI=1S/C15H10BrClN2O2/c16-8-1-3-12-10(5-8)15(7-20-14(18)19-15)11-6-9(17)2-4-13(11)21-12/h1-6H,7H2,(H2,18,19)/t15-/m0/s1. The number of fused-ring (bicyclic) bond motifs is 4. The number of hydrogen-bond donors (Lipinski definition) is 1. The van der Waals surface area contributed by atoms with Crippen LogP contribution in [0.15, 0.2) is 45.9 Å². The highest BCUT2D eigenvalue weighted by Gasteiger charge is 2.47. The Morgan fingerprint density at radius 2 is 1.86 bits per heavy atom. The molecule has 0 aromatic heterocycles. The first-order chi connectivity index (χ1) is 10.1. The Balaban J connectivity index is 2.05. The van der Waals surface area contributed by atoms with Crippen LogP contribution in [0.5, 0.6) is 11.5 Å². The van der Waals surface area contributed by atoms with Crippen LogP contribution in [0.1, 0.15) is 11.1 Å². The summed E-state index contributed by atoms with van der Waals surface area (Å²) in [5.74, 6) is 1.46. The second-order valence-electron chi connectivity index (χ2n) is 4.98. The molecule has 2 heterocycles. The maximum atomic E-state index is 6.15. The summed E-state index contributed by atoms with van der Waals surface area (Å²) in [6, 6.07) is 11.5. The monoisotopic (exact) mass is 364 g/mol. The van der Waals surface area contributed by atoms with E-state index in [4.69, 9.17) is 26.8 Å². The minimum Gasteiger partial charge on any atom is -0.462 e. The van der Waals surface area contributed by atoms with Crippen molar-refractivity contribution in [2.45, 2.75) is 5.54 Å². The van der Waals surface area contributed by atoms with Crippen molar-refractivity contribution in [1.82, 2.24) is 0 Å². The third-order valence-electron chi connectivity index (χ3n) is 3.72. The molecule has 2 aliphatic heterocycles. The highest BCUT2D eigenvalue weighted by atomic mass is 79.9. The molecule has 2 aromatic carbocycles. The van der Waals surface area contributed by atoms with E-state index < -0.39 is 5.54 Å². The second-order valence-corrected chi connectivity index (χ2v) is 6.33. The second kappa shape index (κ2) is 4.39. The molecule has 106 valence electrons. The lowest BCUT2D eigenvalue weighted by atomic mass is 9.81. The predicted octanol–water partition coefficient (Wildman–Crippen LogP) is 3.80. The fraction of sp³-hybridized carbons (Fsp3) is 0.133. The fourth-order valence-corrected chi connectivity index (χ4v) is 3.33. The van der Waals surface area contributed by atoms with Gasteiger partial charge in [-0.25, -0.2) is 4.99 Å². The highest BCUT2D eigenvalue weighted by Crippen LogP contribution is 2.51. The average Bonchev–Trinajstić information content (AvgIpc) is 2.84. The Hall–Kier alpha value is -1.72. The zero-order chi connectivity index (χ0) is 14.6. The molecule has 0 radical (unpaired) electrons. The first-order valence-corrected chi connectivity index (χ1v) is 7.52. The Bertz CT molecular complexity index is 740. The van der Waals surface area contributed by atoms with E-state index in [1.54, 1.807) is 6.07 Å². The molecule has 0 amide bonds. The molecule has 0 bridgehead atoms. The van der Waals surface area contributed by atoms with Gasteiger partial charge >= 0.3 is 0 Å². The predicted molar refractivity (Wildman–Crippen MR) is 84.0 cm³/mol. The minimum absolute atomic E-state index is 0.175. The van der Waals surface area contributed by atoms with Gasteiger partial charge in [-0.3, -0.25) is 0 Å².